The van der Waals surface area contributed by atoms with E-state index < -0.39 is 0 Å². The maximum atomic E-state index is 5.50. The van der Waals surface area contributed by atoms with E-state index in [4.69, 9.17) is 4.74 Å². The Morgan fingerprint density at radius 1 is 1.21 bits per heavy atom. The third-order valence-corrected chi connectivity index (χ3v) is 3.03. The van der Waals surface area contributed by atoms with Crippen LogP contribution in [-0.2, 0) is 0 Å². The van der Waals surface area contributed by atoms with Gasteiger partial charge in [-0.25, -0.2) is 4.98 Å². The highest BCUT2D eigenvalue weighted by molar-refractivity contribution is 5.72. The minimum absolute atomic E-state index is 0.862. The van der Waals surface area contributed by atoms with Crippen LogP contribution >= 0.6 is 0 Å². The third-order valence-electron chi connectivity index (χ3n) is 3.03. The van der Waals surface area contributed by atoms with Gasteiger partial charge in [0.1, 0.15) is 11.6 Å². The van der Waals surface area contributed by atoms with Gasteiger partial charge in [0.15, 0.2) is 0 Å². The first-order valence-electron chi connectivity index (χ1n) is 6.52. The number of nitrogens with zero attached hydrogens (tertiary/aromatic N) is 1. The van der Waals surface area contributed by atoms with Crippen LogP contribution in [0.15, 0.2) is 30.3 Å². The van der Waals surface area contributed by atoms with E-state index in [1.807, 2.05) is 24.3 Å². The van der Waals surface area contributed by atoms with Gasteiger partial charge >= 0.3 is 0 Å². The molecule has 0 aliphatic rings. The molecule has 0 saturated heterocycles. The second kappa shape index (κ2) is 5.74. The van der Waals surface area contributed by atoms with Gasteiger partial charge in [-0.05, 0) is 50.1 Å². The monoisotopic (exact) mass is 256 g/mol. The van der Waals surface area contributed by atoms with Gasteiger partial charge in [0.05, 0.1) is 12.8 Å². The highest BCUT2D eigenvalue weighted by atomic mass is 16.5. The number of aryl methyl sites for hydroxylation is 2. The summed E-state index contributed by atoms with van der Waals surface area (Å²) in [5.74, 6) is 1.76. The molecular weight excluding hydrogens is 236 g/mol. The van der Waals surface area contributed by atoms with Crippen LogP contribution in [0.1, 0.15) is 18.1 Å². The Balaban J connectivity index is 2.54. The molecule has 0 aliphatic carbocycles. The van der Waals surface area contributed by atoms with Crippen molar-refractivity contribution in [3.63, 3.8) is 0 Å². The number of nitrogens with one attached hydrogen (secondary N) is 1. The number of rotatable bonds is 4. The number of pyridine rings is 1. The van der Waals surface area contributed by atoms with Gasteiger partial charge in [-0.2, -0.15) is 0 Å². The summed E-state index contributed by atoms with van der Waals surface area (Å²) >= 11 is 0. The Bertz CT molecular complexity index is 579. The first-order valence-corrected chi connectivity index (χ1v) is 6.52. The van der Waals surface area contributed by atoms with E-state index in [2.05, 4.69) is 37.1 Å². The fraction of sp³-hybridized carbons (Fsp3) is 0.312. The molecule has 0 amide bonds. The number of anilines is 1. The first-order chi connectivity index (χ1) is 9.15. The Morgan fingerprint density at radius 2 is 2.00 bits per heavy atom. The highest BCUT2D eigenvalue weighted by Gasteiger charge is 2.11. The zero-order chi connectivity index (χ0) is 13.8. The fourth-order valence-electron chi connectivity index (χ4n) is 2.27. The van der Waals surface area contributed by atoms with Crippen molar-refractivity contribution in [1.82, 2.24) is 4.98 Å². The van der Waals surface area contributed by atoms with E-state index in [0.29, 0.717) is 0 Å². The Hall–Kier alpha value is -2.03. The lowest BCUT2D eigenvalue weighted by atomic mass is 10.0. The van der Waals surface area contributed by atoms with Crippen LogP contribution in [0.25, 0.3) is 11.3 Å². The van der Waals surface area contributed by atoms with E-state index in [0.717, 1.165) is 29.4 Å². The largest absolute Gasteiger partial charge is 0.496 e. The van der Waals surface area contributed by atoms with Gasteiger partial charge in [-0.3, -0.25) is 0 Å². The van der Waals surface area contributed by atoms with Crippen LogP contribution in [0.3, 0.4) is 0 Å². The maximum absolute atomic E-state index is 5.50. The van der Waals surface area contributed by atoms with Crippen molar-refractivity contribution < 1.29 is 4.74 Å². The molecular formula is C16H20N2O. The van der Waals surface area contributed by atoms with Crippen LogP contribution in [0.4, 0.5) is 5.82 Å². The standard InChI is InChI=1S/C16H20N2O/c1-5-17-15-8-6-7-13(18-15)16-12(3)9-11(2)10-14(16)19-4/h6-10H,5H2,1-4H3,(H,17,18). The lowest BCUT2D eigenvalue weighted by Crippen LogP contribution is -2.00. The first kappa shape index (κ1) is 13.4. The molecule has 3 nitrogen and oxygen atoms in total. The van der Waals surface area contributed by atoms with Gasteiger partial charge in [-0.1, -0.05) is 12.1 Å². The average molecular weight is 256 g/mol. The molecule has 1 aromatic heterocycles. The summed E-state index contributed by atoms with van der Waals surface area (Å²) in [5, 5.41) is 3.23. The van der Waals surface area contributed by atoms with Crippen LogP contribution in [0.5, 0.6) is 5.75 Å². The van der Waals surface area contributed by atoms with Crippen molar-refractivity contribution in [2.24, 2.45) is 0 Å². The fourth-order valence-corrected chi connectivity index (χ4v) is 2.27. The molecule has 100 valence electrons. The second-order valence-corrected chi connectivity index (χ2v) is 4.60. The number of hydrogen-bond acceptors (Lipinski definition) is 3. The smallest absolute Gasteiger partial charge is 0.128 e. The molecule has 0 spiro atoms. The summed E-state index contributed by atoms with van der Waals surface area (Å²) in [4.78, 5) is 4.64. The van der Waals surface area contributed by atoms with E-state index in [9.17, 15) is 0 Å². The Labute approximate surface area is 114 Å². The molecule has 0 saturated carbocycles. The Kier molecular flexibility index (Phi) is 4.05. The molecule has 0 unspecified atom stereocenters. The third kappa shape index (κ3) is 2.87. The van der Waals surface area contributed by atoms with E-state index in [1.54, 1.807) is 7.11 Å². The zero-order valence-electron chi connectivity index (χ0n) is 11.9. The molecule has 0 bridgehead atoms. The van der Waals surface area contributed by atoms with E-state index in [-0.39, 0.29) is 0 Å². The minimum Gasteiger partial charge on any atom is -0.496 e. The molecule has 1 N–H and O–H groups in total. The summed E-state index contributed by atoms with van der Waals surface area (Å²) in [7, 11) is 1.70. The van der Waals surface area contributed by atoms with Crippen LogP contribution < -0.4 is 10.1 Å². The van der Waals surface area contributed by atoms with Gasteiger partial charge in [0.2, 0.25) is 0 Å². The lowest BCUT2D eigenvalue weighted by molar-refractivity contribution is 0.415. The highest BCUT2D eigenvalue weighted by Crippen LogP contribution is 2.33. The molecule has 2 aromatic rings. The van der Waals surface area contributed by atoms with Gasteiger partial charge in [-0.15, -0.1) is 0 Å². The van der Waals surface area contributed by atoms with Crippen molar-refractivity contribution in [2.75, 3.05) is 19.0 Å². The number of hydrogen-bond donors (Lipinski definition) is 1. The van der Waals surface area contributed by atoms with E-state index >= 15 is 0 Å². The van der Waals surface area contributed by atoms with Gasteiger partial charge in [0.25, 0.3) is 0 Å². The van der Waals surface area contributed by atoms with Crippen molar-refractivity contribution in [2.45, 2.75) is 20.8 Å². The topological polar surface area (TPSA) is 34.1 Å². The van der Waals surface area contributed by atoms with Crippen molar-refractivity contribution in [1.29, 1.82) is 0 Å². The molecule has 19 heavy (non-hydrogen) atoms. The summed E-state index contributed by atoms with van der Waals surface area (Å²) < 4.78 is 5.50. The Morgan fingerprint density at radius 3 is 2.68 bits per heavy atom. The quantitative estimate of drug-likeness (QED) is 0.903. The molecule has 3 heteroatoms. The summed E-state index contributed by atoms with van der Waals surface area (Å²) in [6.45, 7) is 7.08. The summed E-state index contributed by atoms with van der Waals surface area (Å²) in [5.41, 5.74) is 4.37. The SMILES string of the molecule is CCNc1cccc(-c2c(C)cc(C)cc2OC)n1. The second-order valence-electron chi connectivity index (χ2n) is 4.60. The summed E-state index contributed by atoms with van der Waals surface area (Å²) in [6.07, 6.45) is 0. The van der Waals surface area contributed by atoms with Crippen LogP contribution in [0, 0.1) is 13.8 Å². The molecule has 0 aliphatic heterocycles. The molecule has 1 heterocycles. The van der Waals surface area contributed by atoms with Crippen LogP contribution in [-0.4, -0.2) is 18.6 Å². The average Bonchev–Trinajstić information content (AvgIpc) is 2.38. The predicted octanol–water partition coefficient (Wildman–Crippen LogP) is 3.81. The van der Waals surface area contributed by atoms with Crippen molar-refractivity contribution >= 4 is 5.82 Å². The molecule has 1 aromatic carbocycles. The van der Waals surface area contributed by atoms with Crippen molar-refractivity contribution in [3.05, 3.63) is 41.5 Å². The maximum Gasteiger partial charge on any atom is 0.128 e. The zero-order valence-corrected chi connectivity index (χ0v) is 11.9. The van der Waals surface area contributed by atoms with E-state index in [1.165, 1.54) is 11.1 Å². The molecule has 0 atom stereocenters. The molecule has 0 fully saturated rings. The predicted molar refractivity (Wildman–Crippen MR) is 79.9 cm³/mol. The molecule has 0 radical (unpaired) electrons. The number of aromatic nitrogens is 1. The summed E-state index contributed by atoms with van der Waals surface area (Å²) in [6, 6.07) is 10.2. The minimum atomic E-state index is 0.862. The lowest BCUT2D eigenvalue weighted by Gasteiger charge is -2.13. The normalized spacial score (nSPS) is 10.3. The number of methoxy groups -OCH3 is 1. The van der Waals surface area contributed by atoms with Crippen LogP contribution in [0.2, 0.25) is 0 Å². The van der Waals surface area contributed by atoms with Gasteiger partial charge < -0.3 is 10.1 Å². The van der Waals surface area contributed by atoms with Crippen molar-refractivity contribution in [3.8, 4) is 17.0 Å². The van der Waals surface area contributed by atoms with Gasteiger partial charge in [0, 0.05) is 12.1 Å². The number of benzene rings is 1. The number of ether oxygens (including phenoxy) is 1. The molecule has 2 rings (SSSR count).